The number of aromatic nitrogens is 1. The van der Waals surface area contributed by atoms with Crippen molar-refractivity contribution in [1.29, 1.82) is 0 Å². The molecule has 22 heavy (non-hydrogen) atoms. The number of β-lactam (4-membered cyclic amide) rings is 1. The molecule has 7 nitrogen and oxygen atoms in total. The first kappa shape index (κ1) is 14.8. The Kier molecular flexibility index (Phi) is 3.78. The summed E-state index contributed by atoms with van der Waals surface area (Å²) >= 11 is 1.37. The summed E-state index contributed by atoms with van der Waals surface area (Å²) < 4.78 is 1.78. The smallest absolute Gasteiger partial charge is 0.249 e. The fraction of sp³-hybridized carbons (Fsp3) is 0.429. The molecule has 8 heteroatoms. The van der Waals surface area contributed by atoms with Crippen molar-refractivity contribution in [3.05, 3.63) is 30.6 Å². The van der Waals surface area contributed by atoms with Gasteiger partial charge in [-0.05, 0) is 0 Å². The molecule has 2 saturated heterocycles. The lowest BCUT2D eigenvalue weighted by atomic mass is 9.87. The van der Waals surface area contributed by atoms with Crippen LogP contribution in [0.1, 0.15) is 0 Å². The largest absolute Gasteiger partial charge is 0.549 e. The van der Waals surface area contributed by atoms with E-state index in [0.29, 0.717) is 12.2 Å². The summed E-state index contributed by atoms with van der Waals surface area (Å²) in [6, 6.07) is 4.94. The molecule has 3 heterocycles. The van der Waals surface area contributed by atoms with E-state index in [1.165, 1.54) is 16.7 Å². The van der Waals surface area contributed by atoms with Crippen LogP contribution in [-0.2, 0) is 20.9 Å². The van der Waals surface area contributed by atoms with E-state index < -0.39 is 17.4 Å². The number of rotatable bonds is 5. The highest BCUT2D eigenvalue weighted by Gasteiger charge is 2.56. The van der Waals surface area contributed by atoms with Crippen molar-refractivity contribution in [3.8, 4) is 0 Å². The minimum atomic E-state index is -1.16. The number of nitrogens with one attached hydrogen (secondary N) is 1. The van der Waals surface area contributed by atoms with Gasteiger partial charge in [-0.25, -0.2) is 4.57 Å². The van der Waals surface area contributed by atoms with Gasteiger partial charge in [0.2, 0.25) is 12.3 Å². The molecule has 2 amide bonds. The number of hydrogen-bond acceptors (Lipinski definition) is 5. The van der Waals surface area contributed by atoms with Gasteiger partial charge in [-0.2, -0.15) is 0 Å². The molecule has 0 spiro atoms. The Labute approximate surface area is 131 Å². The first-order chi connectivity index (χ1) is 10.6. The van der Waals surface area contributed by atoms with Crippen molar-refractivity contribution in [2.75, 3.05) is 12.3 Å². The summed E-state index contributed by atoms with van der Waals surface area (Å²) in [7, 11) is 0. The average molecular weight is 321 g/mol. The molecular formula is C14H15N3O4S. The Hall–Kier alpha value is -2.09. The standard InChI is InChI=1S/C14H15N3O4S/c18-9-15-10-11(19)17-7-14(13(20)21,8-22-12(10)17)6-16-4-2-1-3-5-16/h1-5,9-10,12H,6-8H2,(H-,15,18,20,21)/t10?,12-,14?/m1/s1. The Balaban J connectivity index is 1.79. The number of fused-ring (bicyclic) bond motifs is 1. The van der Waals surface area contributed by atoms with Crippen molar-refractivity contribution in [2.24, 2.45) is 5.41 Å². The Morgan fingerprint density at radius 2 is 2.23 bits per heavy atom. The summed E-state index contributed by atoms with van der Waals surface area (Å²) in [6.07, 6.45) is 4.08. The maximum absolute atomic E-state index is 12.0. The lowest BCUT2D eigenvalue weighted by Crippen LogP contribution is -2.74. The maximum atomic E-state index is 12.0. The lowest BCUT2D eigenvalue weighted by molar-refractivity contribution is -0.707. The molecule has 2 aliphatic heterocycles. The van der Waals surface area contributed by atoms with Gasteiger partial charge in [-0.3, -0.25) is 9.59 Å². The summed E-state index contributed by atoms with van der Waals surface area (Å²) in [6.45, 7) is 0.343. The normalized spacial score (nSPS) is 30.2. The van der Waals surface area contributed by atoms with Gasteiger partial charge in [0.1, 0.15) is 11.4 Å². The third-order valence-corrected chi connectivity index (χ3v) is 5.68. The second-order valence-electron chi connectivity index (χ2n) is 5.55. The second kappa shape index (κ2) is 5.60. The van der Waals surface area contributed by atoms with Gasteiger partial charge < -0.3 is 20.1 Å². The number of carbonyl (C=O) groups excluding carboxylic acids is 3. The quantitative estimate of drug-likeness (QED) is 0.375. The van der Waals surface area contributed by atoms with Crippen LogP contribution in [0.25, 0.3) is 0 Å². The molecule has 0 radical (unpaired) electrons. The minimum absolute atomic E-state index is 0.102. The van der Waals surface area contributed by atoms with Crippen molar-refractivity contribution in [1.82, 2.24) is 10.2 Å². The first-order valence-electron chi connectivity index (χ1n) is 6.85. The van der Waals surface area contributed by atoms with Gasteiger partial charge >= 0.3 is 0 Å². The van der Waals surface area contributed by atoms with E-state index >= 15 is 0 Å². The van der Waals surface area contributed by atoms with Crippen LogP contribution in [0.3, 0.4) is 0 Å². The molecule has 0 aliphatic carbocycles. The number of amides is 2. The number of aliphatic carboxylic acids is 1. The van der Waals surface area contributed by atoms with E-state index in [-0.39, 0.29) is 24.4 Å². The van der Waals surface area contributed by atoms with Gasteiger partial charge in [0.05, 0.1) is 11.4 Å². The molecule has 0 aromatic carbocycles. The van der Waals surface area contributed by atoms with Crippen LogP contribution in [0.15, 0.2) is 30.6 Å². The highest BCUT2D eigenvalue weighted by Crippen LogP contribution is 2.41. The third-order valence-electron chi connectivity index (χ3n) is 4.09. The topological polar surface area (TPSA) is 93.4 Å². The van der Waals surface area contributed by atoms with Gasteiger partial charge in [-0.15, -0.1) is 11.8 Å². The number of carbonyl (C=O) groups is 3. The van der Waals surface area contributed by atoms with E-state index in [9.17, 15) is 19.5 Å². The van der Waals surface area contributed by atoms with Crippen LogP contribution in [0.5, 0.6) is 0 Å². The van der Waals surface area contributed by atoms with Crippen LogP contribution in [-0.4, -0.2) is 46.9 Å². The van der Waals surface area contributed by atoms with Crippen LogP contribution in [0.4, 0.5) is 0 Å². The van der Waals surface area contributed by atoms with E-state index in [1.54, 1.807) is 17.0 Å². The maximum Gasteiger partial charge on any atom is 0.249 e. The molecule has 1 aromatic rings. The van der Waals surface area contributed by atoms with E-state index in [4.69, 9.17) is 0 Å². The Morgan fingerprint density at radius 1 is 1.50 bits per heavy atom. The zero-order valence-corrected chi connectivity index (χ0v) is 12.5. The number of carboxylic acid groups (broad SMARTS) is 1. The fourth-order valence-electron chi connectivity index (χ4n) is 2.89. The Bertz CT molecular complexity index is 611. The van der Waals surface area contributed by atoms with E-state index in [2.05, 4.69) is 5.32 Å². The predicted octanol–water partition coefficient (Wildman–Crippen LogP) is -2.26. The molecule has 3 rings (SSSR count). The summed E-state index contributed by atoms with van der Waals surface area (Å²) in [5.41, 5.74) is -1.13. The van der Waals surface area contributed by atoms with Gasteiger partial charge in [0, 0.05) is 24.4 Å². The van der Waals surface area contributed by atoms with E-state index in [1.807, 2.05) is 18.2 Å². The number of thioether (sulfide) groups is 1. The summed E-state index contributed by atoms with van der Waals surface area (Å²) in [5, 5.41) is 14.0. The van der Waals surface area contributed by atoms with Crippen molar-refractivity contribution >= 4 is 30.0 Å². The fourth-order valence-corrected chi connectivity index (χ4v) is 4.43. The van der Waals surface area contributed by atoms with Gasteiger partial charge in [0.15, 0.2) is 18.9 Å². The molecule has 0 saturated carbocycles. The van der Waals surface area contributed by atoms with Crippen molar-refractivity contribution in [2.45, 2.75) is 18.0 Å². The first-order valence-corrected chi connectivity index (χ1v) is 7.90. The lowest BCUT2D eigenvalue weighted by Gasteiger charge is -2.54. The molecule has 3 atom stereocenters. The SMILES string of the molecule is O=CNC1C(=O)N2CC(C[n+]3ccccc3)(C(=O)[O-])CS[C@H]12. The van der Waals surface area contributed by atoms with Crippen LogP contribution >= 0.6 is 11.8 Å². The van der Waals surface area contributed by atoms with Gasteiger partial charge in [0.25, 0.3) is 0 Å². The third kappa shape index (κ3) is 2.33. The molecule has 116 valence electrons. The molecule has 2 fully saturated rings. The number of hydrogen-bond donors (Lipinski definition) is 1. The number of carboxylic acids is 1. The predicted molar refractivity (Wildman–Crippen MR) is 75.0 cm³/mol. The van der Waals surface area contributed by atoms with Crippen LogP contribution in [0, 0.1) is 5.41 Å². The monoisotopic (exact) mass is 321 g/mol. The average Bonchev–Trinajstić information content (AvgIpc) is 2.53. The molecule has 2 aliphatic rings. The molecule has 0 bridgehead atoms. The molecule has 2 unspecified atom stereocenters. The highest BCUT2D eigenvalue weighted by atomic mass is 32.2. The zero-order chi connectivity index (χ0) is 15.7. The molecule has 1 N–H and O–H groups in total. The van der Waals surface area contributed by atoms with E-state index in [0.717, 1.165) is 0 Å². The summed E-state index contributed by atoms with van der Waals surface area (Å²) in [5.74, 6) is -1.06. The molecule has 1 aromatic heterocycles. The molecular weight excluding hydrogens is 306 g/mol. The number of pyridine rings is 1. The summed E-state index contributed by atoms with van der Waals surface area (Å²) in [4.78, 5) is 35.8. The zero-order valence-electron chi connectivity index (χ0n) is 11.7. The van der Waals surface area contributed by atoms with Gasteiger partial charge in [-0.1, -0.05) is 6.07 Å². The Morgan fingerprint density at radius 3 is 2.86 bits per heavy atom. The second-order valence-corrected chi connectivity index (χ2v) is 6.65. The van der Waals surface area contributed by atoms with Crippen LogP contribution < -0.4 is 15.0 Å². The van der Waals surface area contributed by atoms with Crippen molar-refractivity contribution < 1.29 is 24.1 Å². The van der Waals surface area contributed by atoms with Crippen LogP contribution in [0.2, 0.25) is 0 Å². The highest BCUT2D eigenvalue weighted by molar-refractivity contribution is 8.00. The van der Waals surface area contributed by atoms with Crippen molar-refractivity contribution in [3.63, 3.8) is 0 Å². The number of nitrogens with zero attached hydrogens (tertiary/aromatic N) is 2. The minimum Gasteiger partial charge on any atom is -0.549 e.